The maximum absolute atomic E-state index is 15.2. The normalized spacial score (nSPS) is 24.8. The number of carbonyl (C=O) groups excluding carboxylic acids is 12. The highest BCUT2D eigenvalue weighted by Gasteiger charge is 2.48. The zero-order valence-electron chi connectivity index (χ0n) is 68.2. The van der Waals surface area contributed by atoms with Crippen LogP contribution in [0, 0.1) is 61.2 Å². The van der Waals surface area contributed by atoms with E-state index in [0.717, 1.165) is 47.2 Å². The van der Waals surface area contributed by atoms with Crippen LogP contribution >= 0.6 is 24.0 Å². The zero-order valence-corrected chi connectivity index (χ0v) is 69.7. The minimum absolute atomic E-state index is 0. The van der Waals surface area contributed by atoms with Crippen LogP contribution < -0.4 is 37.3 Å². The lowest BCUT2D eigenvalue weighted by Gasteiger charge is -2.35. The lowest BCUT2D eigenvalue weighted by Crippen LogP contribution is -2.59. The van der Waals surface area contributed by atoms with Gasteiger partial charge in [0, 0.05) is 80.4 Å². The van der Waals surface area contributed by atoms with Crippen LogP contribution in [-0.2, 0) is 70.3 Å². The maximum Gasteiger partial charge on any atom is 0.329 e. The molecule has 0 spiro atoms. The number of hydrogen-bond acceptors (Lipinski definition) is 20. The number of esters is 2. The summed E-state index contributed by atoms with van der Waals surface area (Å²) in [6, 6.07) is 9.36. The Hall–Kier alpha value is -9.54. The number of likely N-dealkylation sites (N-methyl/N-ethyl adjacent to an activating group) is 4. The van der Waals surface area contributed by atoms with Crippen LogP contribution in [-0.4, -0.2) is 217 Å². The standard InChI is InChI=1S/C64H88N10O16.C19H23ClN2.ClH/c1-27(2)44-53(78)35-19-17-21-37(35)61(84)71(13)25-40(75)73(15)50(29(5)6)63(86)88-33(11)46(59(82)67-44)69-57(80)39-24-23-31(9)55-48(39)66-49-42(43(65)52(77)32(10)56(49)90-55)58(81)70-47-34(12)89-64(87)51(30(7)8)74(16)41(76)26-72(14)62(85)38-22-18-20-36(38)54(79)45(28(3)4)68-60(47)83;1-21(2)12-5-13-22-18-7-4-3-6-15(18)8-9-16-10-11-17(20)14-19(16)22;/h23-24,27-30,33-38,44-47,50-51H,17-22,25-26,65H2,1-16H3,(H,67,82)(H,68,83)(H,69,80)(H,70,81);3-4,6-7,10-11,14H,5,8-9,12-13H2,1-2H3;1H. The maximum atomic E-state index is 15.2. The van der Waals surface area contributed by atoms with Crippen LogP contribution in [0.15, 0.2) is 63.8 Å². The van der Waals surface area contributed by atoms with Gasteiger partial charge in [-0.15, -0.1) is 12.4 Å². The molecule has 4 fully saturated rings. The number of nitrogens with one attached hydrogen (secondary N) is 4. The molecule has 10 rings (SSSR count). The van der Waals surface area contributed by atoms with Gasteiger partial charge in [0.2, 0.25) is 40.9 Å². The Balaban J connectivity index is 0.000000592. The van der Waals surface area contributed by atoms with E-state index in [-0.39, 0.29) is 46.1 Å². The average Bonchev–Trinajstić information content (AvgIpc) is 1.66. The number of aromatic nitrogens is 1. The van der Waals surface area contributed by atoms with E-state index in [9.17, 15) is 52.7 Å². The van der Waals surface area contributed by atoms with E-state index in [0.29, 0.717) is 44.1 Å². The Kier molecular flexibility index (Phi) is 29.6. The number of nitrogen functional groups attached to an aromatic ring is 1. The molecule has 0 bridgehead atoms. The second-order valence-corrected chi connectivity index (χ2v) is 32.9. The predicted molar refractivity (Wildman–Crippen MR) is 430 cm³/mol. The summed E-state index contributed by atoms with van der Waals surface area (Å²) in [6.45, 7) is 20.4. The zero-order chi connectivity index (χ0) is 82.5. The number of ketones is 2. The van der Waals surface area contributed by atoms with Gasteiger partial charge in [0.15, 0.2) is 22.9 Å². The number of para-hydroxylation sites is 1. The average molecular weight is 1600 g/mol. The molecule has 28 nitrogen and oxygen atoms in total. The summed E-state index contributed by atoms with van der Waals surface area (Å²) in [4.78, 5) is 202. The van der Waals surface area contributed by atoms with Crippen molar-refractivity contribution in [3.63, 3.8) is 0 Å². The first kappa shape index (κ1) is 89.0. The number of ether oxygens (including phenoxy) is 2. The lowest BCUT2D eigenvalue weighted by atomic mass is 9.83. The molecule has 2 saturated carbocycles. The van der Waals surface area contributed by atoms with Gasteiger partial charge in [0.05, 0.1) is 42.0 Å². The van der Waals surface area contributed by atoms with Gasteiger partial charge in [-0.3, -0.25) is 52.7 Å². The van der Waals surface area contributed by atoms with Crippen LogP contribution in [0.2, 0.25) is 5.02 Å². The Morgan fingerprint density at radius 3 is 1.58 bits per heavy atom. The van der Waals surface area contributed by atoms with Crippen molar-refractivity contribution in [3.8, 4) is 11.5 Å². The monoisotopic (exact) mass is 1600 g/mol. The number of hydrogen-bond donors (Lipinski definition) is 5. The number of Topliss-reactive ketones (excluding diaryl/α,β-unsaturated/α-hetero) is 2. The van der Waals surface area contributed by atoms with Crippen LogP contribution in [0.25, 0.3) is 22.6 Å². The Morgan fingerprint density at radius 1 is 0.628 bits per heavy atom. The topological polar surface area (TPSA) is 360 Å². The number of cyclic esters (lactones) is 2. The first-order valence-corrected chi connectivity index (χ1v) is 39.3. The van der Waals surface area contributed by atoms with Gasteiger partial charge < -0.3 is 70.3 Å². The molecule has 7 aliphatic rings. The predicted octanol–water partition coefficient (Wildman–Crippen LogP) is 7.66. The number of anilines is 3. The Bertz CT molecular complexity index is 4490. The van der Waals surface area contributed by atoms with Crippen LogP contribution in [0.3, 0.4) is 0 Å². The van der Waals surface area contributed by atoms with E-state index in [1.807, 2.05) is 6.07 Å². The van der Waals surface area contributed by atoms with Crippen LogP contribution in [0.5, 0.6) is 0 Å². The van der Waals surface area contributed by atoms with Gasteiger partial charge in [-0.05, 0) is 158 Å². The summed E-state index contributed by atoms with van der Waals surface area (Å²) in [5.74, 6) is -14.9. The number of nitrogens with two attached hydrogens (primary N) is 1. The number of benzene rings is 4. The summed E-state index contributed by atoms with van der Waals surface area (Å²) < 4.78 is 18.3. The first-order chi connectivity index (χ1) is 52.7. The molecule has 6 N–H and O–H groups in total. The third kappa shape index (κ3) is 19.5. The summed E-state index contributed by atoms with van der Waals surface area (Å²) in [5.41, 5.74) is 9.10. The van der Waals surface area contributed by atoms with Gasteiger partial charge in [0.25, 0.3) is 11.8 Å². The second-order valence-electron chi connectivity index (χ2n) is 32.5. The van der Waals surface area contributed by atoms with E-state index >= 15 is 9.59 Å². The summed E-state index contributed by atoms with van der Waals surface area (Å²) in [7, 11) is 9.92. The summed E-state index contributed by atoms with van der Waals surface area (Å²) in [5, 5.41) is 11.6. The Morgan fingerprint density at radius 2 is 1.10 bits per heavy atom. The highest BCUT2D eigenvalue weighted by molar-refractivity contribution is 6.31. The third-order valence-corrected chi connectivity index (χ3v) is 22.9. The number of fused-ring (bicyclic) bond motifs is 6. The molecule has 12 atom stereocenters. The largest absolute Gasteiger partial charge is 0.458 e. The van der Waals surface area contributed by atoms with Gasteiger partial charge in [-0.2, -0.15) is 0 Å². The van der Waals surface area contributed by atoms with E-state index in [1.165, 1.54) is 93.4 Å². The molecule has 8 amide bonds. The molecule has 3 aliphatic carbocycles. The van der Waals surface area contributed by atoms with E-state index < -0.39 is 196 Å². The number of carbonyl (C=O) groups is 12. The molecule has 12 unspecified atom stereocenters. The van der Waals surface area contributed by atoms with Crippen molar-refractivity contribution >= 4 is 123 Å². The van der Waals surface area contributed by atoms with Crippen molar-refractivity contribution in [2.45, 2.75) is 189 Å². The molecule has 3 aromatic carbocycles. The highest BCUT2D eigenvalue weighted by Crippen LogP contribution is 2.41. The molecule has 3 aromatic rings. The van der Waals surface area contributed by atoms with Gasteiger partial charge in [0.1, 0.15) is 47.6 Å². The molecule has 113 heavy (non-hydrogen) atoms. The minimum Gasteiger partial charge on any atom is -0.458 e. The molecule has 614 valence electrons. The van der Waals surface area contributed by atoms with Crippen molar-refractivity contribution in [2.24, 2.45) is 47.3 Å². The van der Waals surface area contributed by atoms with Crippen molar-refractivity contribution < 1.29 is 71.4 Å². The number of nitrogens with zero attached hydrogens (tertiary/aromatic N) is 7. The van der Waals surface area contributed by atoms with Crippen LogP contribution in [0.4, 0.5) is 17.1 Å². The summed E-state index contributed by atoms with van der Waals surface area (Å²) >= 11 is 6.27. The number of halogens is 2. The van der Waals surface area contributed by atoms with Gasteiger partial charge >= 0.3 is 11.9 Å². The smallest absolute Gasteiger partial charge is 0.329 e. The SMILES string of the molecule is CN(C)CCCN1c2ccccc2CCc2ccc(Cl)cc21.Cc1c2oc3c(C)ccc(C(=O)NC4C(=O)NC(C(C)C)C(=O)C5CCCC5C(=O)N(C)CC(=O)N(C)C(C(C)C)C(=O)OC4C)c3nc-2c(C(=O)NC2C(=O)NC(C(C)C)C(=O)C3CCCC3C(=O)N(C)CC(=O)N(C)C(C(C)C)C(=O)OC2C)c(N)c1=O.Cl. The number of rotatable bonds is 12. The number of aryl methyl sites for hydroxylation is 3. The van der Waals surface area contributed by atoms with E-state index in [1.54, 1.807) is 62.3 Å². The van der Waals surface area contributed by atoms with Gasteiger partial charge in [-0.1, -0.05) is 110 Å². The fourth-order valence-corrected chi connectivity index (χ4v) is 16.5. The quantitative estimate of drug-likeness (QED) is 0.0454. The molecule has 2 saturated heterocycles. The minimum atomic E-state index is -1.86. The third-order valence-electron chi connectivity index (χ3n) is 22.6. The van der Waals surface area contributed by atoms with Crippen molar-refractivity contribution in [1.29, 1.82) is 0 Å². The number of amides is 8. The molecule has 0 radical (unpaired) electrons. The van der Waals surface area contributed by atoms with Crippen molar-refractivity contribution in [3.05, 3.63) is 103 Å². The molecule has 4 aliphatic heterocycles. The molecule has 4 heterocycles. The van der Waals surface area contributed by atoms with Crippen LogP contribution in [0.1, 0.15) is 157 Å². The van der Waals surface area contributed by atoms with E-state index in [4.69, 9.17) is 36.2 Å². The molecule has 30 heteroatoms. The molecule has 0 aromatic heterocycles. The van der Waals surface area contributed by atoms with Gasteiger partial charge in [-0.25, -0.2) is 14.6 Å². The molecular weight excluding hydrogens is 1490 g/mol. The summed E-state index contributed by atoms with van der Waals surface area (Å²) in [6.07, 6.45) is 2.65. The van der Waals surface area contributed by atoms with Crippen molar-refractivity contribution in [2.75, 3.05) is 79.1 Å². The fourth-order valence-electron chi connectivity index (χ4n) is 16.3. The van der Waals surface area contributed by atoms with E-state index in [2.05, 4.69) is 81.6 Å². The lowest BCUT2D eigenvalue weighted by molar-refractivity contribution is -0.163. The first-order valence-electron chi connectivity index (χ1n) is 38.9. The molecular formula is C83H112Cl2N12O16. The Labute approximate surface area is 672 Å². The van der Waals surface area contributed by atoms with Crippen molar-refractivity contribution in [1.82, 2.24) is 50.8 Å². The fraction of sp³-hybridized carbons (Fsp3) is 0.566. The highest BCUT2D eigenvalue weighted by atomic mass is 35.5. The second kappa shape index (κ2) is 37.6.